The van der Waals surface area contributed by atoms with Gasteiger partial charge in [-0.2, -0.15) is 0 Å². The number of phenolic OH excluding ortho intramolecular Hbond substituents is 1. The molecule has 0 aliphatic rings. The van der Waals surface area contributed by atoms with Crippen molar-refractivity contribution in [2.24, 2.45) is 0 Å². The highest BCUT2D eigenvalue weighted by Crippen LogP contribution is 2.21. The van der Waals surface area contributed by atoms with E-state index in [0.717, 1.165) is 12.8 Å². The van der Waals surface area contributed by atoms with Crippen LogP contribution in [0.1, 0.15) is 43.0 Å². The van der Waals surface area contributed by atoms with Crippen LogP contribution in [0.15, 0.2) is 18.2 Å². The highest BCUT2D eigenvalue weighted by Gasteiger charge is 2.10. The number of benzene rings is 1. The normalized spacial score (nSPS) is 10.2. The molecule has 1 rings (SSSR count). The van der Waals surface area contributed by atoms with Crippen molar-refractivity contribution in [2.45, 2.75) is 32.6 Å². The standard InChI is InChI=1S/C13H18ClNO2/c1-2-3-4-5-8-15-13(17)11-9-10(14)6-7-12(11)16/h6-7,9,16H,2-5,8H2,1H3,(H,15,17). The van der Waals surface area contributed by atoms with Gasteiger partial charge in [0, 0.05) is 11.6 Å². The lowest BCUT2D eigenvalue weighted by atomic mass is 10.1. The van der Waals surface area contributed by atoms with E-state index in [2.05, 4.69) is 12.2 Å². The Morgan fingerprint density at radius 2 is 2.12 bits per heavy atom. The van der Waals surface area contributed by atoms with E-state index in [1.165, 1.54) is 25.0 Å². The van der Waals surface area contributed by atoms with E-state index >= 15 is 0 Å². The van der Waals surface area contributed by atoms with Crippen LogP contribution in [0.3, 0.4) is 0 Å². The van der Waals surface area contributed by atoms with Gasteiger partial charge in [0.25, 0.3) is 5.91 Å². The van der Waals surface area contributed by atoms with Gasteiger partial charge in [0.2, 0.25) is 0 Å². The molecule has 0 fully saturated rings. The Morgan fingerprint density at radius 3 is 2.82 bits per heavy atom. The van der Waals surface area contributed by atoms with Crippen LogP contribution in [0.4, 0.5) is 0 Å². The molecule has 0 aliphatic carbocycles. The molecule has 0 aromatic heterocycles. The summed E-state index contributed by atoms with van der Waals surface area (Å²) in [4.78, 5) is 11.7. The second kappa shape index (κ2) is 7.17. The van der Waals surface area contributed by atoms with Gasteiger partial charge in [-0.15, -0.1) is 0 Å². The van der Waals surface area contributed by atoms with Gasteiger partial charge in [0.1, 0.15) is 5.75 Å². The van der Waals surface area contributed by atoms with Crippen LogP contribution in [0.5, 0.6) is 5.75 Å². The first-order valence-electron chi connectivity index (χ1n) is 5.92. The van der Waals surface area contributed by atoms with Crippen LogP contribution in [0, 0.1) is 0 Å². The van der Waals surface area contributed by atoms with E-state index in [-0.39, 0.29) is 17.2 Å². The van der Waals surface area contributed by atoms with Crippen molar-refractivity contribution in [1.29, 1.82) is 0 Å². The quantitative estimate of drug-likeness (QED) is 0.766. The van der Waals surface area contributed by atoms with Gasteiger partial charge in [-0.3, -0.25) is 4.79 Å². The molecule has 0 unspecified atom stereocenters. The van der Waals surface area contributed by atoms with Crippen molar-refractivity contribution in [2.75, 3.05) is 6.54 Å². The highest BCUT2D eigenvalue weighted by atomic mass is 35.5. The molecule has 0 heterocycles. The van der Waals surface area contributed by atoms with Crippen molar-refractivity contribution >= 4 is 17.5 Å². The van der Waals surface area contributed by atoms with Gasteiger partial charge >= 0.3 is 0 Å². The van der Waals surface area contributed by atoms with Gasteiger partial charge < -0.3 is 10.4 Å². The smallest absolute Gasteiger partial charge is 0.255 e. The SMILES string of the molecule is CCCCCCNC(=O)c1cc(Cl)ccc1O. The van der Waals surface area contributed by atoms with E-state index < -0.39 is 0 Å². The summed E-state index contributed by atoms with van der Waals surface area (Å²) in [6.07, 6.45) is 4.42. The van der Waals surface area contributed by atoms with Crippen molar-refractivity contribution in [3.63, 3.8) is 0 Å². The number of carbonyl (C=O) groups is 1. The maximum atomic E-state index is 11.7. The summed E-state index contributed by atoms with van der Waals surface area (Å²) in [6.45, 7) is 2.77. The van der Waals surface area contributed by atoms with Crippen LogP contribution < -0.4 is 5.32 Å². The minimum Gasteiger partial charge on any atom is -0.507 e. The van der Waals surface area contributed by atoms with Gasteiger partial charge in [-0.25, -0.2) is 0 Å². The summed E-state index contributed by atoms with van der Waals surface area (Å²) >= 11 is 5.77. The lowest BCUT2D eigenvalue weighted by molar-refractivity contribution is 0.0950. The maximum Gasteiger partial charge on any atom is 0.255 e. The molecule has 0 saturated carbocycles. The number of phenols is 1. The average molecular weight is 256 g/mol. The van der Waals surface area contributed by atoms with E-state index in [9.17, 15) is 9.90 Å². The zero-order valence-corrected chi connectivity index (χ0v) is 10.8. The number of hydrogen-bond acceptors (Lipinski definition) is 2. The summed E-state index contributed by atoms with van der Waals surface area (Å²) in [5.74, 6) is -0.318. The zero-order valence-electron chi connectivity index (χ0n) is 10.0. The number of aromatic hydroxyl groups is 1. The number of rotatable bonds is 6. The van der Waals surface area contributed by atoms with Crippen molar-refractivity contribution < 1.29 is 9.90 Å². The fourth-order valence-electron chi connectivity index (χ4n) is 1.54. The predicted octanol–water partition coefficient (Wildman–Crippen LogP) is 3.36. The lowest BCUT2D eigenvalue weighted by Gasteiger charge is -2.07. The Bertz CT molecular complexity index is 380. The van der Waals surface area contributed by atoms with Crippen LogP contribution in [0.2, 0.25) is 5.02 Å². The number of nitrogens with one attached hydrogen (secondary N) is 1. The molecule has 1 aromatic carbocycles. The third kappa shape index (κ3) is 4.65. The van der Waals surface area contributed by atoms with Gasteiger partial charge in [-0.1, -0.05) is 37.8 Å². The van der Waals surface area contributed by atoms with Gasteiger partial charge in [-0.05, 0) is 24.6 Å². The molecule has 3 nitrogen and oxygen atoms in total. The third-order valence-electron chi connectivity index (χ3n) is 2.52. The minimum atomic E-state index is -0.276. The Labute approximate surface area is 107 Å². The number of hydrogen-bond donors (Lipinski definition) is 2. The fourth-order valence-corrected chi connectivity index (χ4v) is 1.71. The third-order valence-corrected chi connectivity index (χ3v) is 2.75. The number of halogens is 1. The van der Waals surface area contributed by atoms with E-state index in [1.54, 1.807) is 6.07 Å². The number of unbranched alkanes of at least 4 members (excludes halogenated alkanes) is 3. The first kappa shape index (κ1) is 13.8. The van der Waals surface area contributed by atoms with E-state index in [0.29, 0.717) is 11.6 Å². The minimum absolute atomic E-state index is 0.0412. The Balaban J connectivity index is 2.44. The molecule has 0 atom stereocenters. The molecule has 17 heavy (non-hydrogen) atoms. The van der Waals surface area contributed by atoms with Crippen molar-refractivity contribution in [1.82, 2.24) is 5.32 Å². The molecule has 1 amide bonds. The van der Waals surface area contributed by atoms with Crippen LogP contribution >= 0.6 is 11.6 Å². The molecule has 0 saturated heterocycles. The highest BCUT2D eigenvalue weighted by molar-refractivity contribution is 6.31. The van der Waals surface area contributed by atoms with E-state index in [1.807, 2.05) is 0 Å². The molecule has 0 radical (unpaired) electrons. The monoisotopic (exact) mass is 255 g/mol. The molecule has 94 valence electrons. The molecule has 4 heteroatoms. The molecule has 2 N–H and O–H groups in total. The second-order valence-corrected chi connectivity index (χ2v) is 4.41. The summed E-state index contributed by atoms with van der Waals surface area (Å²) < 4.78 is 0. The first-order chi connectivity index (χ1) is 8.15. The molecule has 0 spiro atoms. The first-order valence-corrected chi connectivity index (χ1v) is 6.29. The number of amides is 1. The van der Waals surface area contributed by atoms with Crippen molar-refractivity contribution in [3.05, 3.63) is 28.8 Å². The molecule has 0 bridgehead atoms. The second-order valence-electron chi connectivity index (χ2n) is 3.98. The summed E-state index contributed by atoms with van der Waals surface area (Å²) in [5.41, 5.74) is 0.230. The summed E-state index contributed by atoms with van der Waals surface area (Å²) in [6, 6.07) is 4.45. The fraction of sp³-hybridized carbons (Fsp3) is 0.462. The lowest BCUT2D eigenvalue weighted by Crippen LogP contribution is -2.24. The largest absolute Gasteiger partial charge is 0.507 e. The zero-order chi connectivity index (χ0) is 12.7. The molecular formula is C13H18ClNO2. The van der Waals surface area contributed by atoms with Crippen LogP contribution in [0.25, 0.3) is 0 Å². The van der Waals surface area contributed by atoms with E-state index in [4.69, 9.17) is 11.6 Å². The topological polar surface area (TPSA) is 49.3 Å². The Kier molecular flexibility index (Phi) is 5.84. The molecule has 0 aliphatic heterocycles. The average Bonchev–Trinajstić information content (AvgIpc) is 2.32. The number of carbonyl (C=O) groups excluding carboxylic acids is 1. The van der Waals surface area contributed by atoms with Gasteiger partial charge in [0.05, 0.1) is 5.56 Å². The van der Waals surface area contributed by atoms with Crippen LogP contribution in [-0.2, 0) is 0 Å². The summed E-state index contributed by atoms with van der Waals surface area (Å²) in [7, 11) is 0. The van der Waals surface area contributed by atoms with Gasteiger partial charge in [0.15, 0.2) is 0 Å². The maximum absolute atomic E-state index is 11.7. The van der Waals surface area contributed by atoms with Crippen LogP contribution in [-0.4, -0.2) is 17.6 Å². The predicted molar refractivity (Wildman–Crippen MR) is 69.6 cm³/mol. The summed E-state index contributed by atoms with van der Waals surface area (Å²) in [5, 5.41) is 12.7. The van der Waals surface area contributed by atoms with Crippen molar-refractivity contribution in [3.8, 4) is 5.75 Å². The Hall–Kier alpha value is -1.22. The Morgan fingerprint density at radius 1 is 1.35 bits per heavy atom. The molecule has 1 aromatic rings. The molecular weight excluding hydrogens is 238 g/mol.